The number of H-pyrrole nitrogens is 1. The minimum absolute atomic E-state index is 0.0400. The Morgan fingerprint density at radius 3 is 2.94 bits per heavy atom. The van der Waals surface area contributed by atoms with Gasteiger partial charge in [-0.2, -0.15) is 5.10 Å². The Hall–Kier alpha value is -1.61. The van der Waals surface area contributed by atoms with Crippen LogP contribution in [0.5, 0.6) is 0 Å². The predicted molar refractivity (Wildman–Crippen MR) is 75.3 cm³/mol. The van der Waals surface area contributed by atoms with Crippen molar-refractivity contribution < 1.29 is 0 Å². The minimum Gasteiger partial charge on any atom is -0.325 e. The summed E-state index contributed by atoms with van der Waals surface area (Å²) in [4.78, 5) is 0. The van der Waals surface area contributed by atoms with Crippen LogP contribution in [0.25, 0.3) is 16.5 Å². The highest BCUT2D eigenvalue weighted by atomic mass is 15.1. The smallest absolute Gasteiger partial charge is 0.0656 e. The Labute approximate surface area is 107 Å². The lowest BCUT2D eigenvalue weighted by Gasteiger charge is -2.29. The van der Waals surface area contributed by atoms with Crippen molar-refractivity contribution in [1.82, 2.24) is 10.2 Å². The quantitative estimate of drug-likeness (QED) is 0.805. The SMILES string of the molecule is Cc1ccc2[nH]ncc2c1C1=CCC(C)(N)CC1. The Morgan fingerprint density at radius 2 is 2.22 bits per heavy atom. The van der Waals surface area contributed by atoms with E-state index in [2.05, 4.69) is 42.3 Å². The van der Waals surface area contributed by atoms with Crippen molar-refractivity contribution in [3.8, 4) is 0 Å². The van der Waals surface area contributed by atoms with Gasteiger partial charge in [-0.3, -0.25) is 5.10 Å². The highest BCUT2D eigenvalue weighted by Crippen LogP contribution is 2.35. The van der Waals surface area contributed by atoms with Gasteiger partial charge in [0.05, 0.1) is 11.7 Å². The second-order valence-corrected chi connectivity index (χ2v) is 5.68. The Kier molecular flexibility index (Phi) is 2.52. The van der Waals surface area contributed by atoms with Gasteiger partial charge >= 0.3 is 0 Å². The van der Waals surface area contributed by atoms with Gasteiger partial charge in [-0.15, -0.1) is 0 Å². The summed E-state index contributed by atoms with van der Waals surface area (Å²) in [6, 6.07) is 4.25. The summed E-state index contributed by atoms with van der Waals surface area (Å²) in [5, 5.41) is 8.41. The van der Waals surface area contributed by atoms with Crippen LogP contribution in [-0.2, 0) is 0 Å². The number of aryl methyl sites for hydroxylation is 1. The van der Waals surface area contributed by atoms with Gasteiger partial charge in [-0.25, -0.2) is 0 Å². The minimum atomic E-state index is -0.0400. The van der Waals surface area contributed by atoms with E-state index in [4.69, 9.17) is 5.73 Å². The van der Waals surface area contributed by atoms with Crippen molar-refractivity contribution in [1.29, 1.82) is 0 Å². The first-order chi connectivity index (χ1) is 8.57. The van der Waals surface area contributed by atoms with Crippen molar-refractivity contribution in [2.45, 2.75) is 38.6 Å². The monoisotopic (exact) mass is 241 g/mol. The standard InChI is InChI=1S/C15H19N3/c1-10-3-4-13-12(9-17-18-13)14(10)11-5-7-15(2,16)8-6-11/h3-5,9H,6-8,16H2,1-2H3,(H,17,18). The second kappa shape index (κ2) is 3.95. The van der Waals surface area contributed by atoms with Crippen molar-refractivity contribution >= 4 is 16.5 Å². The molecule has 18 heavy (non-hydrogen) atoms. The molecule has 3 nitrogen and oxygen atoms in total. The van der Waals surface area contributed by atoms with E-state index in [0.717, 1.165) is 24.8 Å². The van der Waals surface area contributed by atoms with E-state index in [9.17, 15) is 0 Å². The van der Waals surface area contributed by atoms with E-state index >= 15 is 0 Å². The summed E-state index contributed by atoms with van der Waals surface area (Å²) in [5.74, 6) is 0. The summed E-state index contributed by atoms with van der Waals surface area (Å²) in [6.07, 6.45) is 7.29. The highest BCUT2D eigenvalue weighted by Gasteiger charge is 2.23. The van der Waals surface area contributed by atoms with Crippen LogP contribution in [0.2, 0.25) is 0 Å². The number of nitrogens with one attached hydrogen (secondary N) is 1. The zero-order valence-corrected chi connectivity index (χ0v) is 11.0. The zero-order chi connectivity index (χ0) is 12.8. The molecule has 3 rings (SSSR count). The molecule has 94 valence electrons. The number of aromatic nitrogens is 2. The molecule has 0 spiro atoms. The fraction of sp³-hybridized carbons (Fsp3) is 0.400. The number of fused-ring (bicyclic) bond motifs is 1. The third-order valence-electron chi connectivity index (χ3n) is 3.93. The number of allylic oxidation sites excluding steroid dienone is 1. The van der Waals surface area contributed by atoms with Gasteiger partial charge in [0.15, 0.2) is 0 Å². The Balaban J connectivity index is 2.12. The number of nitrogens with zero attached hydrogens (tertiary/aromatic N) is 1. The van der Waals surface area contributed by atoms with Crippen LogP contribution in [0.1, 0.15) is 37.3 Å². The topological polar surface area (TPSA) is 54.7 Å². The molecule has 1 aliphatic rings. The van der Waals surface area contributed by atoms with Crippen molar-refractivity contribution in [2.75, 3.05) is 0 Å². The number of benzene rings is 1. The molecule has 0 saturated carbocycles. The maximum Gasteiger partial charge on any atom is 0.0656 e. The van der Waals surface area contributed by atoms with Gasteiger partial charge < -0.3 is 5.73 Å². The van der Waals surface area contributed by atoms with Crippen LogP contribution >= 0.6 is 0 Å². The normalized spacial score (nSPS) is 24.3. The molecule has 2 aromatic rings. The molecule has 1 aromatic carbocycles. The van der Waals surface area contributed by atoms with E-state index in [-0.39, 0.29) is 5.54 Å². The van der Waals surface area contributed by atoms with Crippen molar-refractivity contribution in [3.63, 3.8) is 0 Å². The number of hydrogen-bond donors (Lipinski definition) is 2. The lowest BCUT2D eigenvalue weighted by Crippen LogP contribution is -2.37. The molecule has 0 amide bonds. The molecule has 0 bridgehead atoms. The van der Waals surface area contributed by atoms with Crippen molar-refractivity contribution in [2.24, 2.45) is 5.73 Å². The maximum atomic E-state index is 6.19. The fourth-order valence-electron chi connectivity index (χ4n) is 2.76. The van der Waals surface area contributed by atoms with Crippen LogP contribution in [-0.4, -0.2) is 15.7 Å². The van der Waals surface area contributed by atoms with Gasteiger partial charge in [0.1, 0.15) is 0 Å². The molecule has 0 saturated heterocycles. The van der Waals surface area contributed by atoms with Crippen LogP contribution in [0.3, 0.4) is 0 Å². The number of hydrogen-bond acceptors (Lipinski definition) is 2. The number of nitrogens with two attached hydrogens (primary N) is 1. The summed E-state index contributed by atoms with van der Waals surface area (Å²) >= 11 is 0. The molecule has 1 heterocycles. The molecular formula is C15H19N3. The molecule has 1 aromatic heterocycles. The van der Waals surface area contributed by atoms with Gasteiger partial charge in [0, 0.05) is 10.9 Å². The van der Waals surface area contributed by atoms with Gasteiger partial charge in [-0.1, -0.05) is 12.1 Å². The lowest BCUT2D eigenvalue weighted by atomic mass is 9.81. The van der Waals surface area contributed by atoms with Crippen LogP contribution in [0, 0.1) is 6.92 Å². The lowest BCUT2D eigenvalue weighted by molar-refractivity contribution is 0.432. The first kappa shape index (κ1) is 11.5. The Bertz CT molecular complexity index is 620. The maximum absolute atomic E-state index is 6.19. The summed E-state index contributed by atoms with van der Waals surface area (Å²) in [6.45, 7) is 4.30. The van der Waals surface area contributed by atoms with Crippen LogP contribution in [0.4, 0.5) is 0 Å². The average molecular weight is 241 g/mol. The molecule has 1 unspecified atom stereocenters. The molecule has 0 aliphatic heterocycles. The summed E-state index contributed by atoms with van der Waals surface area (Å²) in [5.41, 5.74) is 11.3. The van der Waals surface area contributed by atoms with E-state index < -0.39 is 0 Å². The fourth-order valence-corrected chi connectivity index (χ4v) is 2.76. The molecule has 3 heteroatoms. The average Bonchev–Trinajstić information content (AvgIpc) is 2.78. The molecule has 1 atom stereocenters. The van der Waals surface area contributed by atoms with Crippen molar-refractivity contribution in [3.05, 3.63) is 35.5 Å². The van der Waals surface area contributed by atoms with Gasteiger partial charge in [-0.05, 0) is 55.9 Å². The first-order valence-electron chi connectivity index (χ1n) is 6.48. The summed E-state index contributed by atoms with van der Waals surface area (Å²) < 4.78 is 0. The first-order valence-corrected chi connectivity index (χ1v) is 6.48. The third kappa shape index (κ3) is 1.85. The second-order valence-electron chi connectivity index (χ2n) is 5.68. The van der Waals surface area contributed by atoms with Gasteiger partial charge in [0.2, 0.25) is 0 Å². The van der Waals surface area contributed by atoms with E-state index in [1.54, 1.807) is 0 Å². The largest absolute Gasteiger partial charge is 0.325 e. The molecule has 1 aliphatic carbocycles. The molecule has 0 fully saturated rings. The summed E-state index contributed by atoms with van der Waals surface area (Å²) in [7, 11) is 0. The van der Waals surface area contributed by atoms with Crippen LogP contribution in [0.15, 0.2) is 24.4 Å². The van der Waals surface area contributed by atoms with E-state index in [1.165, 1.54) is 22.1 Å². The number of rotatable bonds is 1. The Morgan fingerprint density at radius 1 is 1.39 bits per heavy atom. The predicted octanol–water partition coefficient (Wildman–Crippen LogP) is 3.16. The van der Waals surface area contributed by atoms with Gasteiger partial charge in [0.25, 0.3) is 0 Å². The molecule has 3 N–H and O–H groups in total. The highest BCUT2D eigenvalue weighted by molar-refractivity contribution is 5.93. The van der Waals surface area contributed by atoms with Crippen LogP contribution < -0.4 is 5.73 Å². The van der Waals surface area contributed by atoms with E-state index in [0.29, 0.717) is 0 Å². The van der Waals surface area contributed by atoms with E-state index in [1.807, 2.05) is 6.20 Å². The number of aromatic amines is 1. The third-order valence-corrected chi connectivity index (χ3v) is 3.93. The molecular weight excluding hydrogens is 222 g/mol. The zero-order valence-electron chi connectivity index (χ0n) is 11.0. The molecule has 0 radical (unpaired) electrons.